The third kappa shape index (κ3) is 4.96. The lowest BCUT2D eigenvalue weighted by molar-refractivity contribution is -0.112. The van der Waals surface area contributed by atoms with E-state index in [-0.39, 0.29) is 5.57 Å². The van der Waals surface area contributed by atoms with Crippen LogP contribution in [0.3, 0.4) is 0 Å². The molecule has 26 heavy (non-hydrogen) atoms. The second-order valence-electron chi connectivity index (χ2n) is 6.01. The number of carbonyl (C=O) groups is 1. The van der Waals surface area contributed by atoms with Crippen molar-refractivity contribution in [3.63, 3.8) is 0 Å². The van der Waals surface area contributed by atoms with Gasteiger partial charge in [-0.05, 0) is 31.4 Å². The van der Waals surface area contributed by atoms with Crippen LogP contribution in [-0.2, 0) is 11.2 Å². The molecule has 1 aliphatic rings. The van der Waals surface area contributed by atoms with E-state index in [0.717, 1.165) is 16.5 Å². The van der Waals surface area contributed by atoms with E-state index in [1.807, 2.05) is 19.1 Å². The number of amides is 1. The molecule has 1 aliphatic carbocycles. The number of hydrogen-bond acceptors (Lipinski definition) is 7. The van der Waals surface area contributed by atoms with Gasteiger partial charge in [0.2, 0.25) is 5.13 Å². The quantitative estimate of drug-likeness (QED) is 0.571. The van der Waals surface area contributed by atoms with Crippen LogP contribution >= 0.6 is 23.1 Å². The maximum absolute atomic E-state index is 12.3. The molecular formula is C18H20N4O2S2. The first-order valence-corrected chi connectivity index (χ1v) is 10.4. The molecule has 0 saturated heterocycles. The Balaban J connectivity index is 1.64. The molecule has 2 aromatic heterocycles. The fraction of sp³-hybridized carbons (Fsp3) is 0.444. The van der Waals surface area contributed by atoms with E-state index in [1.54, 1.807) is 17.8 Å². The van der Waals surface area contributed by atoms with Gasteiger partial charge in [-0.3, -0.25) is 10.1 Å². The molecule has 6 nitrogen and oxygen atoms in total. The van der Waals surface area contributed by atoms with Gasteiger partial charge >= 0.3 is 0 Å². The van der Waals surface area contributed by atoms with Crippen LogP contribution in [0.5, 0.6) is 0 Å². The van der Waals surface area contributed by atoms with Crippen molar-refractivity contribution in [2.24, 2.45) is 0 Å². The first-order valence-electron chi connectivity index (χ1n) is 8.70. The second-order valence-corrected chi connectivity index (χ2v) is 8.38. The third-order valence-electron chi connectivity index (χ3n) is 4.08. The lowest BCUT2D eigenvalue weighted by Gasteiger charge is -2.19. The maximum atomic E-state index is 12.3. The highest BCUT2D eigenvalue weighted by Gasteiger charge is 2.17. The van der Waals surface area contributed by atoms with Crippen molar-refractivity contribution < 1.29 is 9.21 Å². The summed E-state index contributed by atoms with van der Waals surface area (Å²) in [5.41, 5.74) is -0.0261. The number of nitriles is 1. The number of hydrogen-bond donors (Lipinski definition) is 1. The predicted octanol–water partition coefficient (Wildman–Crippen LogP) is 4.66. The van der Waals surface area contributed by atoms with Crippen LogP contribution in [0.2, 0.25) is 0 Å². The molecule has 0 aromatic carbocycles. The number of carbonyl (C=O) groups excluding carboxylic acids is 1. The molecule has 136 valence electrons. The molecule has 3 rings (SSSR count). The topological polar surface area (TPSA) is 91.8 Å². The summed E-state index contributed by atoms with van der Waals surface area (Å²) in [5, 5.41) is 22.4. The van der Waals surface area contributed by atoms with Crippen molar-refractivity contribution in [2.45, 2.75) is 55.8 Å². The molecule has 2 aromatic rings. The van der Waals surface area contributed by atoms with Crippen LogP contribution in [-0.4, -0.2) is 21.4 Å². The molecule has 0 aliphatic heterocycles. The highest BCUT2D eigenvalue weighted by atomic mass is 32.2. The highest BCUT2D eigenvalue weighted by Crippen LogP contribution is 2.34. The molecule has 0 atom stereocenters. The molecule has 0 radical (unpaired) electrons. The molecule has 8 heteroatoms. The van der Waals surface area contributed by atoms with Crippen molar-refractivity contribution >= 4 is 40.2 Å². The summed E-state index contributed by atoms with van der Waals surface area (Å²) in [5.74, 6) is -0.00860. The summed E-state index contributed by atoms with van der Waals surface area (Å²) >= 11 is 3.04. The van der Waals surface area contributed by atoms with Crippen molar-refractivity contribution in [1.29, 1.82) is 5.26 Å². The van der Waals surface area contributed by atoms with E-state index in [4.69, 9.17) is 4.42 Å². The SMILES string of the molecule is CCc1nnc(NC(=O)/C(C#N)=C\c2ccc(SC3CCCCC3)o2)s1. The van der Waals surface area contributed by atoms with Crippen molar-refractivity contribution in [3.05, 3.63) is 28.5 Å². The van der Waals surface area contributed by atoms with Gasteiger partial charge < -0.3 is 4.42 Å². The van der Waals surface area contributed by atoms with E-state index < -0.39 is 5.91 Å². The van der Waals surface area contributed by atoms with Gasteiger partial charge in [0.25, 0.3) is 5.91 Å². The number of nitrogens with zero attached hydrogens (tertiary/aromatic N) is 3. The first kappa shape index (κ1) is 18.7. The average molecular weight is 389 g/mol. The van der Waals surface area contributed by atoms with E-state index >= 15 is 0 Å². The van der Waals surface area contributed by atoms with Crippen LogP contribution in [0, 0.1) is 11.3 Å². The van der Waals surface area contributed by atoms with Gasteiger partial charge in [-0.2, -0.15) is 5.26 Å². The van der Waals surface area contributed by atoms with Gasteiger partial charge in [0.1, 0.15) is 22.4 Å². The number of furan rings is 1. The van der Waals surface area contributed by atoms with Gasteiger partial charge in [0.05, 0.1) is 0 Å². The normalized spacial score (nSPS) is 15.6. The van der Waals surface area contributed by atoms with Crippen LogP contribution in [0.15, 0.2) is 27.2 Å². The Bertz CT molecular complexity index is 828. The average Bonchev–Trinajstić information content (AvgIpc) is 3.29. The van der Waals surface area contributed by atoms with Gasteiger partial charge in [-0.25, -0.2) is 0 Å². The van der Waals surface area contributed by atoms with Crippen molar-refractivity contribution in [3.8, 4) is 6.07 Å². The summed E-state index contributed by atoms with van der Waals surface area (Å²) in [7, 11) is 0. The minimum atomic E-state index is -0.510. The van der Waals surface area contributed by atoms with E-state index in [9.17, 15) is 10.1 Å². The number of nitrogens with one attached hydrogen (secondary N) is 1. The standard InChI is InChI=1S/C18H20N4O2S2/c1-2-15-21-22-18(26-15)20-17(23)12(11-19)10-13-8-9-16(24-13)25-14-6-4-3-5-7-14/h8-10,14H,2-7H2,1H3,(H,20,22,23)/b12-10-. The predicted molar refractivity (Wildman–Crippen MR) is 103 cm³/mol. The fourth-order valence-corrected chi connectivity index (χ4v) is 4.59. The Morgan fingerprint density at radius 2 is 2.23 bits per heavy atom. The van der Waals surface area contributed by atoms with Gasteiger partial charge in [0, 0.05) is 11.3 Å². The lowest BCUT2D eigenvalue weighted by atomic mass is 10.0. The molecular weight excluding hydrogens is 368 g/mol. The molecule has 1 N–H and O–H groups in total. The third-order valence-corrected chi connectivity index (χ3v) is 6.32. The largest absolute Gasteiger partial charge is 0.450 e. The number of rotatable bonds is 6. The van der Waals surface area contributed by atoms with E-state index in [2.05, 4.69) is 15.5 Å². The summed E-state index contributed by atoms with van der Waals surface area (Å²) in [4.78, 5) is 12.3. The van der Waals surface area contributed by atoms with Crippen molar-refractivity contribution in [2.75, 3.05) is 5.32 Å². The summed E-state index contributed by atoms with van der Waals surface area (Å²) in [6, 6.07) is 5.61. The Morgan fingerprint density at radius 3 is 2.92 bits per heavy atom. The van der Waals surface area contributed by atoms with Crippen LogP contribution in [0.1, 0.15) is 49.8 Å². The Kier molecular flexibility index (Phi) is 6.47. The van der Waals surface area contributed by atoms with Crippen molar-refractivity contribution in [1.82, 2.24) is 10.2 Å². The molecule has 0 spiro atoms. The van der Waals surface area contributed by atoms with Crippen LogP contribution in [0.25, 0.3) is 6.08 Å². The van der Waals surface area contributed by atoms with E-state index in [0.29, 0.717) is 16.1 Å². The number of aromatic nitrogens is 2. The summed E-state index contributed by atoms with van der Waals surface area (Å²) in [6.07, 6.45) is 8.50. The van der Waals surface area contributed by atoms with Crippen LogP contribution in [0.4, 0.5) is 5.13 Å². The molecule has 0 unspecified atom stereocenters. The lowest BCUT2D eigenvalue weighted by Crippen LogP contribution is -2.13. The Morgan fingerprint density at radius 1 is 1.42 bits per heavy atom. The van der Waals surface area contributed by atoms with Gasteiger partial charge in [-0.1, -0.05) is 49.3 Å². The smallest absolute Gasteiger partial charge is 0.268 e. The zero-order valence-corrected chi connectivity index (χ0v) is 16.2. The molecule has 0 bridgehead atoms. The molecule has 1 amide bonds. The maximum Gasteiger partial charge on any atom is 0.268 e. The number of anilines is 1. The Labute approximate surface area is 160 Å². The highest BCUT2D eigenvalue weighted by molar-refractivity contribution is 7.99. The van der Waals surface area contributed by atoms with Gasteiger partial charge in [-0.15, -0.1) is 10.2 Å². The second kappa shape index (κ2) is 9.01. The first-order chi connectivity index (χ1) is 12.7. The minimum Gasteiger partial charge on any atom is -0.450 e. The zero-order chi connectivity index (χ0) is 18.4. The fourth-order valence-electron chi connectivity index (χ4n) is 2.72. The molecule has 2 heterocycles. The van der Waals surface area contributed by atoms with Crippen LogP contribution < -0.4 is 5.32 Å². The number of aryl methyl sites for hydroxylation is 1. The van der Waals surface area contributed by atoms with E-state index in [1.165, 1.54) is 49.5 Å². The molecule has 1 fully saturated rings. The zero-order valence-electron chi connectivity index (χ0n) is 14.5. The Hall–Kier alpha value is -2.11. The molecule has 1 saturated carbocycles. The summed E-state index contributed by atoms with van der Waals surface area (Å²) < 4.78 is 5.77. The number of thioether (sulfide) groups is 1. The summed E-state index contributed by atoms with van der Waals surface area (Å²) in [6.45, 7) is 1.96. The van der Waals surface area contributed by atoms with Gasteiger partial charge in [0.15, 0.2) is 5.09 Å². The minimum absolute atomic E-state index is 0.0261. The monoisotopic (exact) mass is 388 g/mol.